The van der Waals surface area contributed by atoms with E-state index >= 15 is 0 Å². The van der Waals surface area contributed by atoms with E-state index in [-0.39, 0.29) is 22.4 Å². The Morgan fingerprint density at radius 2 is 1.53 bits per heavy atom. The van der Waals surface area contributed by atoms with Crippen molar-refractivity contribution < 1.29 is 45.3 Å². The molecule has 2 aromatic carbocycles. The van der Waals surface area contributed by atoms with Crippen molar-refractivity contribution in [1.29, 1.82) is 0 Å². The molecule has 0 saturated carbocycles. The summed E-state index contributed by atoms with van der Waals surface area (Å²) in [4.78, 5) is 15.6. The minimum absolute atomic E-state index is 0.0347. The average Bonchev–Trinajstić information content (AvgIpc) is 2.65. The summed E-state index contributed by atoms with van der Waals surface area (Å²) in [5.41, 5.74) is -0.411. The lowest BCUT2D eigenvalue weighted by molar-refractivity contribution is -0.274. The molecule has 170 valence electrons. The van der Waals surface area contributed by atoms with Crippen molar-refractivity contribution in [1.82, 2.24) is 4.98 Å². The third-order valence-corrected chi connectivity index (χ3v) is 4.35. The molecular formula is C21H15F6NO4. The maximum Gasteiger partial charge on any atom is 0.573 e. The monoisotopic (exact) mass is 459 g/mol. The molecule has 5 nitrogen and oxygen atoms in total. The number of fused-ring (bicyclic) bond motifs is 1. The number of carbonyl (C=O) groups excluding carboxylic acids is 1. The van der Waals surface area contributed by atoms with Crippen LogP contribution in [0, 0.1) is 13.8 Å². The first-order valence-corrected chi connectivity index (χ1v) is 8.99. The number of esters is 1. The van der Waals surface area contributed by atoms with Gasteiger partial charge in [0.15, 0.2) is 0 Å². The molecule has 0 radical (unpaired) electrons. The second-order valence-corrected chi connectivity index (χ2v) is 6.73. The van der Waals surface area contributed by atoms with Crippen LogP contribution in [0.25, 0.3) is 10.9 Å². The van der Waals surface area contributed by atoms with E-state index in [1.807, 2.05) is 0 Å². The van der Waals surface area contributed by atoms with Crippen LogP contribution in [-0.4, -0.2) is 17.3 Å². The number of alkyl halides is 6. The Morgan fingerprint density at radius 1 is 0.938 bits per heavy atom. The molecule has 0 aliphatic heterocycles. The molecule has 0 aliphatic rings. The van der Waals surface area contributed by atoms with E-state index in [0.717, 1.165) is 43.3 Å². The fourth-order valence-electron chi connectivity index (χ4n) is 2.89. The lowest BCUT2D eigenvalue weighted by atomic mass is 10.0. The summed E-state index contributed by atoms with van der Waals surface area (Å²) in [6.45, 7) is 4.30. The van der Waals surface area contributed by atoms with Crippen LogP contribution in [0.2, 0.25) is 0 Å². The van der Waals surface area contributed by atoms with Crippen molar-refractivity contribution in [3.63, 3.8) is 0 Å². The number of aryl methyl sites for hydroxylation is 1. The maximum atomic E-state index is 13.7. The summed E-state index contributed by atoms with van der Waals surface area (Å²) in [6, 6.07) is 5.63. The van der Waals surface area contributed by atoms with Crippen LogP contribution in [0.1, 0.15) is 23.7 Å². The molecule has 3 rings (SSSR count). The number of rotatable bonds is 4. The number of carbonyl (C=O) groups is 1. The highest BCUT2D eigenvalue weighted by Gasteiger charge is 2.36. The minimum Gasteiger partial charge on any atom is -0.457 e. The van der Waals surface area contributed by atoms with Crippen LogP contribution in [-0.2, 0) is 11.0 Å². The van der Waals surface area contributed by atoms with Gasteiger partial charge in [-0.2, -0.15) is 13.2 Å². The highest BCUT2D eigenvalue weighted by molar-refractivity contribution is 5.91. The van der Waals surface area contributed by atoms with Crippen LogP contribution in [0.4, 0.5) is 26.3 Å². The van der Waals surface area contributed by atoms with Gasteiger partial charge in [0, 0.05) is 23.6 Å². The molecule has 0 aliphatic carbocycles. The van der Waals surface area contributed by atoms with Crippen LogP contribution in [0.5, 0.6) is 23.0 Å². The van der Waals surface area contributed by atoms with E-state index in [9.17, 15) is 31.1 Å². The molecule has 11 heteroatoms. The highest BCUT2D eigenvalue weighted by Crippen LogP contribution is 2.43. The third kappa shape index (κ3) is 5.21. The second-order valence-electron chi connectivity index (χ2n) is 6.73. The molecule has 1 aromatic heterocycles. The first-order valence-electron chi connectivity index (χ1n) is 8.99. The normalized spacial score (nSPS) is 12.0. The Labute approximate surface area is 177 Å². The number of ether oxygens (including phenoxy) is 3. The van der Waals surface area contributed by atoms with Crippen molar-refractivity contribution in [2.45, 2.75) is 33.3 Å². The molecule has 0 saturated heterocycles. The van der Waals surface area contributed by atoms with Gasteiger partial charge >= 0.3 is 18.5 Å². The van der Waals surface area contributed by atoms with Gasteiger partial charge in [-0.05, 0) is 50.2 Å². The van der Waals surface area contributed by atoms with E-state index < -0.39 is 35.6 Å². The first kappa shape index (κ1) is 23.2. The van der Waals surface area contributed by atoms with E-state index in [2.05, 4.69) is 9.72 Å². The topological polar surface area (TPSA) is 57.7 Å². The van der Waals surface area contributed by atoms with Crippen molar-refractivity contribution in [2.75, 3.05) is 0 Å². The molecule has 0 bridgehead atoms. The Morgan fingerprint density at radius 3 is 2.06 bits per heavy atom. The molecule has 32 heavy (non-hydrogen) atoms. The van der Waals surface area contributed by atoms with Crippen LogP contribution in [0.3, 0.4) is 0 Å². The van der Waals surface area contributed by atoms with Crippen molar-refractivity contribution >= 4 is 16.9 Å². The zero-order valence-electron chi connectivity index (χ0n) is 16.8. The SMILES string of the molecule is CC(=O)Oc1c(C)c(C)nc2cc(C(F)(F)F)c(Oc3ccc(OC(F)(F)F)cc3)cc12. The molecule has 0 N–H and O–H groups in total. The molecule has 0 amide bonds. The standard InChI is InChI=1S/C21H15F6NO4/c1-10-11(2)28-17-9-16(20(22,23)24)18(8-15(17)19(10)30-12(3)29)31-13-4-6-14(7-5-13)32-21(25,26)27/h4-9H,1-3H3. The predicted molar refractivity (Wildman–Crippen MR) is 101 cm³/mol. The second kappa shape index (κ2) is 8.21. The van der Waals surface area contributed by atoms with Crippen molar-refractivity contribution in [2.24, 2.45) is 0 Å². The van der Waals surface area contributed by atoms with Gasteiger partial charge in [-0.15, -0.1) is 13.2 Å². The van der Waals surface area contributed by atoms with E-state index in [4.69, 9.17) is 9.47 Å². The van der Waals surface area contributed by atoms with Crippen LogP contribution >= 0.6 is 0 Å². The Kier molecular flexibility index (Phi) is 5.94. The van der Waals surface area contributed by atoms with Gasteiger partial charge in [-0.1, -0.05) is 0 Å². The van der Waals surface area contributed by atoms with Gasteiger partial charge in [0.1, 0.15) is 28.6 Å². The average molecular weight is 459 g/mol. The van der Waals surface area contributed by atoms with Gasteiger partial charge in [0.25, 0.3) is 0 Å². The Balaban J connectivity index is 2.12. The fraction of sp³-hybridized carbons (Fsp3) is 0.238. The lowest BCUT2D eigenvalue weighted by Gasteiger charge is -2.18. The van der Waals surface area contributed by atoms with Gasteiger partial charge in [-0.3, -0.25) is 9.78 Å². The zero-order valence-corrected chi connectivity index (χ0v) is 16.8. The number of aromatic nitrogens is 1. The molecule has 3 aromatic rings. The number of benzene rings is 2. The number of halogens is 6. The highest BCUT2D eigenvalue weighted by atomic mass is 19.4. The van der Waals surface area contributed by atoms with Crippen molar-refractivity contribution in [3.8, 4) is 23.0 Å². The van der Waals surface area contributed by atoms with E-state index in [1.165, 1.54) is 0 Å². The fourth-order valence-corrected chi connectivity index (χ4v) is 2.89. The molecule has 0 spiro atoms. The summed E-state index contributed by atoms with van der Waals surface area (Å²) in [7, 11) is 0. The summed E-state index contributed by atoms with van der Waals surface area (Å²) in [5, 5.41) is 0.100. The Bertz CT molecular complexity index is 1170. The maximum absolute atomic E-state index is 13.7. The number of hydrogen-bond donors (Lipinski definition) is 0. The van der Waals surface area contributed by atoms with E-state index in [0.29, 0.717) is 11.3 Å². The summed E-state index contributed by atoms with van der Waals surface area (Å²) < 4.78 is 92.2. The van der Waals surface area contributed by atoms with Gasteiger partial charge in [-0.25, -0.2) is 0 Å². The summed E-state index contributed by atoms with van der Waals surface area (Å²) >= 11 is 0. The van der Waals surface area contributed by atoms with Gasteiger partial charge in [0.2, 0.25) is 0 Å². The van der Waals surface area contributed by atoms with Gasteiger partial charge < -0.3 is 14.2 Å². The first-order chi connectivity index (χ1) is 14.7. The zero-order chi connectivity index (χ0) is 23.8. The van der Waals surface area contributed by atoms with Crippen LogP contribution < -0.4 is 14.2 Å². The smallest absolute Gasteiger partial charge is 0.457 e. The third-order valence-electron chi connectivity index (χ3n) is 4.35. The largest absolute Gasteiger partial charge is 0.573 e. The summed E-state index contributed by atoms with van der Waals surface area (Å²) in [6.07, 6.45) is -9.74. The quantitative estimate of drug-likeness (QED) is 0.330. The molecule has 1 heterocycles. The molecule has 0 unspecified atom stereocenters. The molecular weight excluding hydrogens is 444 g/mol. The van der Waals surface area contributed by atoms with E-state index in [1.54, 1.807) is 13.8 Å². The minimum atomic E-state index is -4.92. The van der Waals surface area contributed by atoms with Gasteiger partial charge in [0.05, 0.1) is 5.52 Å². The number of hydrogen-bond acceptors (Lipinski definition) is 5. The molecule has 0 fully saturated rings. The van der Waals surface area contributed by atoms with Crippen molar-refractivity contribution in [3.05, 3.63) is 53.2 Å². The number of pyridine rings is 1. The lowest BCUT2D eigenvalue weighted by Crippen LogP contribution is -2.16. The number of nitrogens with zero attached hydrogens (tertiary/aromatic N) is 1. The molecule has 0 atom stereocenters. The summed E-state index contributed by atoms with van der Waals surface area (Å²) in [5.74, 6) is -2.02. The predicted octanol–water partition coefficient (Wildman–Crippen LogP) is 6.49. The van der Waals surface area contributed by atoms with Crippen LogP contribution in [0.15, 0.2) is 36.4 Å². The Hall–Kier alpha value is -3.50.